The van der Waals surface area contributed by atoms with Crippen LogP contribution in [0.1, 0.15) is 58.4 Å². The summed E-state index contributed by atoms with van der Waals surface area (Å²) in [7, 11) is 0. The molecule has 0 aliphatic rings. The van der Waals surface area contributed by atoms with E-state index in [1.807, 2.05) is 6.07 Å². The van der Waals surface area contributed by atoms with Crippen LogP contribution >= 0.6 is 11.6 Å². The van der Waals surface area contributed by atoms with Crippen molar-refractivity contribution in [3.8, 4) is 0 Å². The highest BCUT2D eigenvalue weighted by atomic mass is 35.5. The molecule has 0 bridgehead atoms. The minimum atomic E-state index is -0.314. The van der Waals surface area contributed by atoms with Crippen molar-refractivity contribution in [3.05, 3.63) is 34.6 Å². The first-order valence-electron chi connectivity index (χ1n) is 8.30. The predicted octanol–water partition coefficient (Wildman–Crippen LogP) is 5.61. The van der Waals surface area contributed by atoms with Gasteiger partial charge in [-0.3, -0.25) is 0 Å². The van der Waals surface area contributed by atoms with Gasteiger partial charge in [-0.05, 0) is 49.8 Å². The fourth-order valence-electron chi connectivity index (χ4n) is 2.97. The summed E-state index contributed by atoms with van der Waals surface area (Å²) < 4.78 is 13.6. The fourth-order valence-corrected chi connectivity index (χ4v) is 3.17. The molecule has 1 aromatic carbocycles. The molecule has 120 valence electrons. The molecular formula is C18H29ClFN. The van der Waals surface area contributed by atoms with E-state index in [9.17, 15) is 4.39 Å². The number of halogens is 2. The smallest absolute Gasteiger partial charge is 0.142 e. The van der Waals surface area contributed by atoms with Crippen molar-refractivity contribution in [1.29, 1.82) is 0 Å². The molecular weight excluding hydrogens is 285 g/mol. The number of benzene rings is 1. The molecule has 0 amide bonds. The van der Waals surface area contributed by atoms with Crippen LogP contribution in [0.5, 0.6) is 0 Å². The Hall–Kier alpha value is -0.600. The van der Waals surface area contributed by atoms with E-state index in [2.05, 4.69) is 26.1 Å². The highest BCUT2D eigenvalue weighted by molar-refractivity contribution is 6.31. The van der Waals surface area contributed by atoms with E-state index >= 15 is 0 Å². The van der Waals surface area contributed by atoms with Crippen molar-refractivity contribution in [2.75, 3.05) is 6.54 Å². The molecule has 0 radical (unpaired) electrons. The number of rotatable bonds is 10. The molecule has 1 atom stereocenters. The van der Waals surface area contributed by atoms with Crippen LogP contribution in [0.3, 0.4) is 0 Å². The summed E-state index contributed by atoms with van der Waals surface area (Å²) in [5, 5.41) is 3.94. The molecule has 21 heavy (non-hydrogen) atoms. The molecule has 0 aliphatic carbocycles. The van der Waals surface area contributed by atoms with Crippen LogP contribution in [-0.4, -0.2) is 12.6 Å². The van der Waals surface area contributed by atoms with Crippen molar-refractivity contribution in [2.45, 2.75) is 65.3 Å². The van der Waals surface area contributed by atoms with Crippen molar-refractivity contribution < 1.29 is 4.39 Å². The zero-order valence-corrected chi connectivity index (χ0v) is 14.3. The Morgan fingerprint density at radius 1 is 1.10 bits per heavy atom. The zero-order valence-electron chi connectivity index (χ0n) is 13.6. The molecule has 0 fully saturated rings. The minimum Gasteiger partial charge on any atom is -0.313 e. The van der Waals surface area contributed by atoms with E-state index in [-0.39, 0.29) is 10.8 Å². The van der Waals surface area contributed by atoms with Gasteiger partial charge in [0, 0.05) is 6.04 Å². The van der Waals surface area contributed by atoms with Crippen LogP contribution in [0.2, 0.25) is 5.02 Å². The molecule has 1 unspecified atom stereocenters. The SMILES string of the molecule is CCCNC(Cc1cccc(F)c1Cl)C(CCC)CCC. The standard InChI is InChI=1S/C18H29ClFN/c1-4-8-14(9-5-2)17(21-12-6-3)13-15-10-7-11-16(20)18(15)19/h7,10-11,14,17,21H,4-6,8-9,12-13H2,1-3H3. The Balaban J connectivity index is 2.87. The Morgan fingerprint density at radius 2 is 1.76 bits per heavy atom. The van der Waals surface area contributed by atoms with Gasteiger partial charge in [0.15, 0.2) is 0 Å². The lowest BCUT2D eigenvalue weighted by Gasteiger charge is -2.28. The lowest BCUT2D eigenvalue weighted by Crippen LogP contribution is -2.38. The van der Waals surface area contributed by atoms with E-state index in [1.54, 1.807) is 6.07 Å². The summed E-state index contributed by atoms with van der Waals surface area (Å²) in [6, 6.07) is 5.50. The van der Waals surface area contributed by atoms with E-state index in [0.717, 1.165) is 24.9 Å². The van der Waals surface area contributed by atoms with E-state index in [0.29, 0.717) is 12.0 Å². The maximum Gasteiger partial charge on any atom is 0.142 e. The molecule has 1 rings (SSSR count). The second-order valence-corrected chi connectivity index (χ2v) is 6.19. The third-order valence-electron chi connectivity index (χ3n) is 4.02. The van der Waals surface area contributed by atoms with Gasteiger partial charge in [0.25, 0.3) is 0 Å². The van der Waals surface area contributed by atoms with Gasteiger partial charge in [-0.1, -0.05) is 57.3 Å². The van der Waals surface area contributed by atoms with E-state index in [1.165, 1.54) is 31.7 Å². The monoisotopic (exact) mass is 313 g/mol. The quantitative estimate of drug-likeness (QED) is 0.592. The van der Waals surface area contributed by atoms with Crippen LogP contribution in [0.25, 0.3) is 0 Å². The molecule has 3 heteroatoms. The highest BCUT2D eigenvalue weighted by Gasteiger charge is 2.21. The van der Waals surface area contributed by atoms with Gasteiger partial charge in [-0.25, -0.2) is 4.39 Å². The van der Waals surface area contributed by atoms with E-state index < -0.39 is 0 Å². The zero-order chi connectivity index (χ0) is 15.7. The Kier molecular flexibility index (Phi) is 8.94. The number of nitrogens with one attached hydrogen (secondary N) is 1. The first kappa shape index (κ1) is 18.4. The van der Waals surface area contributed by atoms with Crippen molar-refractivity contribution in [3.63, 3.8) is 0 Å². The molecule has 1 aromatic rings. The lowest BCUT2D eigenvalue weighted by molar-refractivity contribution is 0.308. The summed E-state index contributed by atoms with van der Waals surface area (Å²) in [4.78, 5) is 0. The summed E-state index contributed by atoms with van der Waals surface area (Å²) >= 11 is 6.13. The molecule has 0 saturated carbocycles. The fraction of sp³-hybridized carbons (Fsp3) is 0.667. The first-order valence-corrected chi connectivity index (χ1v) is 8.68. The van der Waals surface area contributed by atoms with Crippen molar-refractivity contribution in [1.82, 2.24) is 5.32 Å². The number of hydrogen-bond acceptors (Lipinski definition) is 1. The van der Waals surface area contributed by atoms with Gasteiger partial charge in [0.1, 0.15) is 5.82 Å². The van der Waals surface area contributed by atoms with Gasteiger partial charge in [0.2, 0.25) is 0 Å². The Labute approximate surface area is 134 Å². The number of hydrogen-bond donors (Lipinski definition) is 1. The third kappa shape index (κ3) is 5.96. The molecule has 0 aliphatic heterocycles. The second kappa shape index (κ2) is 10.2. The average Bonchev–Trinajstić information content (AvgIpc) is 2.47. The average molecular weight is 314 g/mol. The maximum atomic E-state index is 13.6. The minimum absolute atomic E-state index is 0.285. The predicted molar refractivity (Wildman–Crippen MR) is 90.5 cm³/mol. The Morgan fingerprint density at radius 3 is 2.33 bits per heavy atom. The van der Waals surface area contributed by atoms with E-state index in [4.69, 9.17) is 11.6 Å². The molecule has 0 spiro atoms. The molecule has 1 N–H and O–H groups in total. The van der Waals surface area contributed by atoms with Crippen LogP contribution in [0, 0.1) is 11.7 Å². The highest BCUT2D eigenvalue weighted by Crippen LogP contribution is 2.26. The van der Waals surface area contributed by atoms with Crippen molar-refractivity contribution >= 4 is 11.6 Å². The van der Waals surface area contributed by atoms with Crippen LogP contribution in [0.4, 0.5) is 4.39 Å². The Bertz CT molecular complexity index is 402. The van der Waals surface area contributed by atoms with Crippen LogP contribution in [0.15, 0.2) is 18.2 Å². The summed E-state index contributed by atoms with van der Waals surface area (Å²) in [6.45, 7) is 7.64. The van der Waals surface area contributed by atoms with Crippen LogP contribution in [-0.2, 0) is 6.42 Å². The van der Waals surface area contributed by atoms with Gasteiger partial charge < -0.3 is 5.32 Å². The largest absolute Gasteiger partial charge is 0.313 e. The maximum absolute atomic E-state index is 13.6. The lowest BCUT2D eigenvalue weighted by atomic mass is 9.86. The summed E-state index contributed by atoms with van der Waals surface area (Å²) in [5.74, 6) is 0.317. The normalized spacial score (nSPS) is 12.9. The molecule has 0 saturated heterocycles. The second-order valence-electron chi connectivity index (χ2n) is 5.82. The molecule has 0 heterocycles. The summed E-state index contributed by atoms with van der Waals surface area (Å²) in [6.07, 6.45) is 6.71. The summed E-state index contributed by atoms with van der Waals surface area (Å²) in [5.41, 5.74) is 0.919. The first-order chi connectivity index (χ1) is 10.1. The van der Waals surface area contributed by atoms with Crippen LogP contribution < -0.4 is 5.32 Å². The van der Waals surface area contributed by atoms with Gasteiger partial charge in [-0.2, -0.15) is 0 Å². The molecule has 0 aromatic heterocycles. The molecule has 1 nitrogen and oxygen atoms in total. The van der Waals surface area contributed by atoms with Gasteiger partial charge >= 0.3 is 0 Å². The third-order valence-corrected chi connectivity index (χ3v) is 4.44. The van der Waals surface area contributed by atoms with Crippen molar-refractivity contribution in [2.24, 2.45) is 5.92 Å². The van der Waals surface area contributed by atoms with Gasteiger partial charge in [0.05, 0.1) is 5.02 Å². The van der Waals surface area contributed by atoms with Gasteiger partial charge in [-0.15, -0.1) is 0 Å². The topological polar surface area (TPSA) is 12.0 Å².